The topological polar surface area (TPSA) is 52.0 Å². The Morgan fingerprint density at radius 1 is 0.900 bits per heavy atom. The highest BCUT2D eigenvalue weighted by atomic mass is 19.1. The van der Waals surface area contributed by atoms with Gasteiger partial charge in [0.25, 0.3) is 0 Å². The molecule has 3 aromatic rings. The highest BCUT2D eigenvalue weighted by Gasteiger charge is 2.17. The fourth-order valence-electron chi connectivity index (χ4n) is 2.03. The van der Waals surface area contributed by atoms with Gasteiger partial charge in [0, 0.05) is 5.56 Å². The van der Waals surface area contributed by atoms with Crippen LogP contribution < -0.4 is 5.73 Å². The first-order chi connectivity index (χ1) is 9.65. The van der Waals surface area contributed by atoms with Crippen molar-refractivity contribution in [3.8, 4) is 22.4 Å². The average Bonchev–Trinajstić information content (AvgIpc) is 2.82. The molecular weight excluding hydrogens is 262 g/mol. The zero-order valence-corrected chi connectivity index (χ0v) is 10.3. The van der Waals surface area contributed by atoms with E-state index in [4.69, 9.17) is 10.3 Å². The van der Waals surface area contributed by atoms with Crippen LogP contribution in [-0.4, -0.2) is 5.16 Å². The first kappa shape index (κ1) is 12.3. The Kier molecular flexibility index (Phi) is 2.95. The molecular formula is C15H10F2N2O. The van der Waals surface area contributed by atoms with Gasteiger partial charge in [0.15, 0.2) is 0 Å². The van der Waals surface area contributed by atoms with Gasteiger partial charge >= 0.3 is 0 Å². The second kappa shape index (κ2) is 4.77. The minimum Gasteiger partial charge on any atom is -0.367 e. The number of halogens is 2. The van der Waals surface area contributed by atoms with Crippen LogP contribution in [-0.2, 0) is 0 Å². The molecule has 0 radical (unpaired) electrons. The fraction of sp³-hybridized carbons (Fsp3) is 0. The van der Waals surface area contributed by atoms with E-state index in [2.05, 4.69) is 5.16 Å². The maximum atomic E-state index is 13.3. The van der Waals surface area contributed by atoms with Crippen molar-refractivity contribution in [1.29, 1.82) is 0 Å². The molecule has 0 saturated heterocycles. The van der Waals surface area contributed by atoms with Gasteiger partial charge in [0.2, 0.25) is 5.88 Å². The van der Waals surface area contributed by atoms with Gasteiger partial charge in [-0.25, -0.2) is 8.78 Å². The fourth-order valence-corrected chi connectivity index (χ4v) is 2.03. The van der Waals surface area contributed by atoms with E-state index >= 15 is 0 Å². The molecule has 0 aliphatic rings. The summed E-state index contributed by atoms with van der Waals surface area (Å²) in [6.07, 6.45) is 0. The van der Waals surface area contributed by atoms with Crippen LogP contribution in [0.2, 0.25) is 0 Å². The number of nitrogens with two attached hydrogens (primary N) is 1. The van der Waals surface area contributed by atoms with Crippen molar-refractivity contribution in [1.82, 2.24) is 5.16 Å². The van der Waals surface area contributed by atoms with E-state index in [1.807, 2.05) is 0 Å². The SMILES string of the molecule is Nc1onc(-c2cccc(F)c2)c1-c1ccc(F)cc1. The highest BCUT2D eigenvalue weighted by Crippen LogP contribution is 2.36. The second-order valence-electron chi connectivity index (χ2n) is 4.29. The van der Waals surface area contributed by atoms with Crippen molar-refractivity contribution < 1.29 is 13.3 Å². The van der Waals surface area contributed by atoms with Gasteiger partial charge in [0.05, 0.1) is 5.56 Å². The summed E-state index contributed by atoms with van der Waals surface area (Å²) in [5.74, 6) is -0.624. The van der Waals surface area contributed by atoms with Gasteiger partial charge in [-0.2, -0.15) is 0 Å². The van der Waals surface area contributed by atoms with Crippen molar-refractivity contribution >= 4 is 5.88 Å². The molecule has 0 unspecified atom stereocenters. The molecule has 0 saturated carbocycles. The molecule has 1 aromatic heterocycles. The van der Waals surface area contributed by atoms with Gasteiger partial charge < -0.3 is 10.3 Å². The molecule has 100 valence electrons. The third-order valence-electron chi connectivity index (χ3n) is 2.95. The standard InChI is InChI=1S/C15H10F2N2O/c16-11-6-4-9(5-7-11)13-14(19-20-15(13)18)10-2-1-3-12(17)8-10/h1-8H,18H2. The molecule has 0 amide bonds. The lowest BCUT2D eigenvalue weighted by Gasteiger charge is -2.03. The quantitative estimate of drug-likeness (QED) is 0.770. The number of nitrogen functional groups attached to an aromatic ring is 1. The van der Waals surface area contributed by atoms with E-state index in [1.54, 1.807) is 24.3 Å². The van der Waals surface area contributed by atoms with Crippen molar-refractivity contribution in [2.75, 3.05) is 5.73 Å². The lowest BCUT2D eigenvalue weighted by atomic mass is 10.0. The Bertz CT molecular complexity index is 751. The summed E-state index contributed by atoms with van der Waals surface area (Å²) in [6.45, 7) is 0. The van der Waals surface area contributed by atoms with Crippen LogP contribution >= 0.6 is 0 Å². The summed E-state index contributed by atoms with van der Waals surface area (Å²) in [5.41, 5.74) is 7.92. The van der Waals surface area contributed by atoms with Crippen LogP contribution in [0.15, 0.2) is 53.1 Å². The summed E-state index contributed by atoms with van der Waals surface area (Å²) in [4.78, 5) is 0. The van der Waals surface area contributed by atoms with Crippen LogP contribution in [0.25, 0.3) is 22.4 Å². The first-order valence-corrected chi connectivity index (χ1v) is 5.92. The number of hydrogen-bond acceptors (Lipinski definition) is 3. The Morgan fingerprint density at radius 2 is 1.65 bits per heavy atom. The largest absolute Gasteiger partial charge is 0.367 e. The van der Waals surface area contributed by atoms with Gasteiger partial charge in [0.1, 0.15) is 17.3 Å². The summed E-state index contributed by atoms with van der Waals surface area (Å²) in [5, 5.41) is 3.87. The van der Waals surface area contributed by atoms with Crippen molar-refractivity contribution in [2.24, 2.45) is 0 Å². The zero-order chi connectivity index (χ0) is 14.1. The van der Waals surface area contributed by atoms with E-state index in [9.17, 15) is 8.78 Å². The van der Waals surface area contributed by atoms with E-state index in [0.717, 1.165) is 0 Å². The van der Waals surface area contributed by atoms with Crippen molar-refractivity contribution in [3.63, 3.8) is 0 Å². The molecule has 0 aliphatic heterocycles. The van der Waals surface area contributed by atoms with Gasteiger partial charge in [-0.15, -0.1) is 0 Å². The normalized spacial score (nSPS) is 10.7. The lowest BCUT2D eigenvalue weighted by Crippen LogP contribution is -1.88. The van der Waals surface area contributed by atoms with Gasteiger partial charge in [-0.1, -0.05) is 29.4 Å². The van der Waals surface area contributed by atoms with E-state index < -0.39 is 0 Å². The van der Waals surface area contributed by atoms with Crippen LogP contribution in [0.3, 0.4) is 0 Å². The van der Waals surface area contributed by atoms with Crippen LogP contribution in [0, 0.1) is 11.6 Å². The first-order valence-electron chi connectivity index (χ1n) is 5.92. The van der Waals surface area contributed by atoms with Crippen LogP contribution in [0.5, 0.6) is 0 Å². The molecule has 3 rings (SSSR count). The van der Waals surface area contributed by atoms with Gasteiger partial charge in [-0.05, 0) is 29.8 Å². The number of aromatic nitrogens is 1. The minimum atomic E-state index is -0.380. The molecule has 2 N–H and O–H groups in total. The number of hydrogen-bond donors (Lipinski definition) is 1. The molecule has 0 bridgehead atoms. The molecule has 0 aliphatic carbocycles. The second-order valence-corrected chi connectivity index (χ2v) is 4.29. The number of benzene rings is 2. The van der Waals surface area contributed by atoms with Crippen LogP contribution in [0.4, 0.5) is 14.7 Å². The summed E-state index contributed by atoms with van der Waals surface area (Å²) in [7, 11) is 0. The number of rotatable bonds is 2. The maximum absolute atomic E-state index is 13.3. The highest BCUT2D eigenvalue weighted by molar-refractivity contribution is 5.86. The average molecular weight is 272 g/mol. The Hall–Kier alpha value is -2.69. The zero-order valence-electron chi connectivity index (χ0n) is 10.3. The molecule has 2 aromatic carbocycles. The molecule has 0 atom stereocenters. The Morgan fingerprint density at radius 3 is 2.35 bits per heavy atom. The third-order valence-corrected chi connectivity index (χ3v) is 2.95. The predicted octanol–water partition coefficient (Wildman–Crippen LogP) is 3.87. The van der Waals surface area contributed by atoms with E-state index in [-0.39, 0.29) is 17.5 Å². The maximum Gasteiger partial charge on any atom is 0.230 e. The molecule has 1 heterocycles. The smallest absolute Gasteiger partial charge is 0.230 e. The third kappa shape index (κ3) is 2.14. The predicted molar refractivity (Wildman–Crippen MR) is 71.7 cm³/mol. The lowest BCUT2D eigenvalue weighted by molar-refractivity contribution is 0.439. The van der Waals surface area contributed by atoms with Crippen molar-refractivity contribution in [3.05, 3.63) is 60.2 Å². The summed E-state index contributed by atoms with van der Waals surface area (Å²) >= 11 is 0. The van der Waals surface area contributed by atoms with E-state index in [0.29, 0.717) is 22.4 Å². The monoisotopic (exact) mass is 272 g/mol. The summed E-state index contributed by atoms with van der Waals surface area (Å²) in [6, 6.07) is 11.7. The minimum absolute atomic E-state index is 0.107. The molecule has 0 fully saturated rings. The number of nitrogens with zero attached hydrogens (tertiary/aromatic N) is 1. The van der Waals surface area contributed by atoms with Crippen molar-refractivity contribution in [2.45, 2.75) is 0 Å². The molecule has 20 heavy (non-hydrogen) atoms. The van der Waals surface area contributed by atoms with E-state index in [1.165, 1.54) is 24.3 Å². The molecule has 5 heteroatoms. The molecule has 0 spiro atoms. The number of anilines is 1. The van der Waals surface area contributed by atoms with Crippen LogP contribution in [0.1, 0.15) is 0 Å². The van der Waals surface area contributed by atoms with Gasteiger partial charge in [-0.3, -0.25) is 0 Å². The Balaban J connectivity index is 2.17. The molecule has 3 nitrogen and oxygen atoms in total. The summed E-state index contributed by atoms with van der Waals surface area (Å²) < 4.78 is 31.3. The Labute approximate surface area is 113 Å².